The van der Waals surface area contributed by atoms with Crippen molar-refractivity contribution >= 4 is 58.6 Å². The minimum Gasteiger partial charge on any atom is -0.158 e. The molecule has 0 aliphatic carbocycles. The van der Waals surface area contributed by atoms with Crippen LogP contribution in [-0.2, 0) is 24.3 Å². The number of hydrogen-bond donors (Lipinski definition) is 0. The van der Waals surface area contributed by atoms with Crippen LogP contribution in [0.2, 0.25) is 0 Å². The summed E-state index contributed by atoms with van der Waals surface area (Å²) in [6.07, 6.45) is 5.89. The zero-order chi connectivity index (χ0) is 23.6. The van der Waals surface area contributed by atoms with E-state index in [0.29, 0.717) is 0 Å². The molecule has 0 saturated carbocycles. The lowest BCUT2D eigenvalue weighted by Crippen LogP contribution is -1.83. The number of thiophene rings is 2. The van der Waals surface area contributed by atoms with Crippen molar-refractivity contribution in [1.29, 1.82) is 0 Å². The van der Waals surface area contributed by atoms with Gasteiger partial charge in [0.25, 0.3) is 0 Å². The molecule has 0 saturated heterocycles. The molecule has 0 amide bonds. The Balaban J connectivity index is 1.43. The first-order chi connectivity index (χ1) is 16.7. The fraction of sp³-hybridized carbons (Fsp3) is 0.214. The molecule has 6 heteroatoms. The average molecular weight is 521 g/mol. The zero-order valence-electron chi connectivity index (χ0n) is 19.4. The van der Waals surface area contributed by atoms with Crippen LogP contribution in [0.15, 0.2) is 91.4 Å². The van der Waals surface area contributed by atoms with Gasteiger partial charge in [-0.3, -0.25) is 0 Å². The average Bonchev–Trinajstić information content (AvgIpc) is 3.48. The molecule has 0 atom stereocenters. The summed E-state index contributed by atoms with van der Waals surface area (Å²) in [6, 6.07) is 25.7. The second-order valence-electron chi connectivity index (χ2n) is 7.66. The van der Waals surface area contributed by atoms with E-state index in [4.69, 9.17) is 0 Å². The molecule has 2 heterocycles. The fourth-order valence-electron chi connectivity index (χ4n) is 3.27. The molecule has 4 aromatic rings. The van der Waals surface area contributed by atoms with Gasteiger partial charge in [0, 0.05) is 32.4 Å². The summed E-state index contributed by atoms with van der Waals surface area (Å²) >= 11 is 7.48. The maximum atomic E-state index is 4.43. The number of benzene rings is 2. The van der Waals surface area contributed by atoms with Crippen LogP contribution in [0.1, 0.15) is 45.9 Å². The number of nitrogens with zero attached hydrogens (tertiary/aromatic N) is 2. The standard InChI is InChI=1S/C28H28N2S4/c1-3-25-15-23(27(33-25)31-19-21-11-7-5-8-12-21)17-29-30-18-24-16-26(4-2)34-28(24)32-20-22-13-9-6-10-14-22/h5-18H,3-4,19-20H2,1-2H3. The summed E-state index contributed by atoms with van der Waals surface area (Å²) in [5.41, 5.74) is 5.01. The highest BCUT2D eigenvalue weighted by atomic mass is 32.2. The zero-order valence-corrected chi connectivity index (χ0v) is 22.7. The lowest BCUT2D eigenvalue weighted by atomic mass is 10.2. The minimum absolute atomic E-state index is 0.964. The molecular weight excluding hydrogens is 493 g/mol. The molecule has 0 aliphatic rings. The topological polar surface area (TPSA) is 24.7 Å². The Kier molecular flexibility index (Phi) is 9.63. The van der Waals surface area contributed by atoms with Crippen LogP contribution in [0.4, 0.5) is 0 Å². The predicted octanol–water partition coefficient (Wildman–Crippen LogP) is 8.97. The maximum absolute atomic E-state index is 4.43. The van der Waals surface area contributed by atoms with Crippen molar-refractivity contribution in [1.82, 2.24) is 0 Å². The van der Waals surface area contributed by atoms with Crippen molar-refractivity contribution in [2.75, 3.05) is 0 Å². The quantitative estimate of drug-likeness (QED) is 0.112. The molecule has 0 aliphatic heterocycles. The molecule has 0 bridgehead atoms. The molecule has 0 unspecified atom stereocenters. The summed E-state index contributed by atoms with van der Waals surface area (Å²) in [4.78, 5) is 2.76. The van der Waals surface area contributed by atoms with Gasteiger partial charge in [-0.2, -0.15) is 10.2 Å². The Morgan fingerprint density at radius 1 is 0.647 bits per heavy atom. The van der Waals surface area contributed by atoms with E-state index in [1.54, 1.807) is 0 Å². The largest absolute Gasteiger partial charge is 0.158 e. The van der Waals surface area contributed by atoms with Gasteiger partial charge in [0.1, 0.15) is 0 Å². The van der Waals surface area contributed by atoms with Crippen LogP contribution in [0.25, 0.3) is 0 Å². The van der Waals surface area contributed by atoms with E-state index in [2.05, 4.69) is 96.8 Å². The van der Waals surface area contributed by atoms with Crippen LogP contribution in [0.5, 0.6) is 0 Å². The fourth-order valence-corrected chi connectivity index (χ4v) is 7.87. The Hall–Kier alpha value is -2.12. The third-order valence-electron chi connectivity index (χ3n) is 5.13. The minimum atomic E-state index is 0.964. The number of aryl methyl sites for hydroxylation is 2. The molecule has 4 rings (SSSR count). The van der Waals surface area contributed by atoms with E-state index in [1.165, 1.54) is 29.3 Å². The Labute approximate surface area is 219 Å². The van der Waals surface area contributed by atoms with Gasteiger partial charge in [0.2, 0.25) is 0 Å². The summed E-state index contributed by atoms with van der Waals surface area (Å²) in [7, 11) is 0. The van der Waals surface area contributed by atoms with E-state index >= 15 is 0 Å². The normalized spacial score (nSPS) is 11.7. The highest BCUT2D eigenvalue weighted by Crippen LogP contribution is 2.35. The van der Waals surface area contributed by atoms with Gasteiger partial charge in [-0.15, -0.1) is 46.2 Å². The molecule has 2 aromatic carbocycles. The first kappa shape index (κ1) is 25.0. The van der Waals surface area contributed by atoms with Gasteiger partial charge in [-0.05, 0) is 36.1 Å². The van der Waals surface area contributed by atoms with Crippen molar-refractivity contribution in [2.24, 2.45) is 10.2 Å². The van der Waals surface area contributed by atoms with Crippen LogP contribution < -0.4 is 0 Å². The van der Waals surface area contributed by atoms with Crippen LogP contribution in [-0.4, -0.2) is 12.4 Å². The highest BCUT2D eigenvalue weighted by molar-refractivity contribution is 8.00. The molecule has 0 fully saturated rings. The van der Waals surface area contributed by atoms with E-state index in [9.17, 15) is 0 Å². The van der Waals surface area contributed by atoms with Crippen molar-refractivity contribution in [3.8, 4) is 0 Å². The monoisotopic (exact) mass is 520 g/mol. The Bertz CT molecular complexity index is 1130. The summed E-state index contributed by atoms with van der Waals surface area (Å²) in [5, 5.41) is 8.86. The molecule has 2 aromatic heterocycles. The first-order valence-corrected chi connectivity index (χ1v) is 15.0. The van der Waals surface area contributed by atoms with Gasteiger partial charge in [0.05, 0.1) is 20.8 Å². The van der Waals surface area contributed by atoms with Gasteiger partial charge in [0.15, 0.2) is 0 Å². The van der Waals surface area contributed by atoms with Crippen molar-refractivity contribution in [2.45, 2.75) is 46.6 Å². The second kappa shape index (κ2) is 13.1. The molecule has 34 heavy (non-hydrogen) atoms. The molecule has 0 radical (unpaired) electrons. The van der Waals surface area contributed by atoms with Crippen LogP contribution in [0.3, 0.4) is 0 Å². The van der Waals surface area contributed by atoms with Gasteiger partial charge >= 0.3 is 0 Å². The molecule has 0 N–H and O–H groups in total. The predicted molar refractivity (Wildman–Crippen MR) is 155 cm³/mol. The van der Waals surface area contributed by atoms with E-state index in [0.717, 1.165) is 35.5 Å². The smallest absolute Gasteiger partial charge is 0.0693 e. The Morgan fingerprint density at radius 2 is 1.06 bits per heavy atom. The van der Waals surface area contributed by atoms with Gasteiger partial charge < -0.3 is 0 Å². The van der Waals surface area contributed by atoms with E-state index < -0.39 is 0 Å². The third kappa shape index (κ3) is 7.19. The number of thioether (sulfide) groups is 2. The lowest BCUT2D eigenvalue weighted by Gasteiger charge is -2.01. The van der Waals surface area contributed by atoms with Crippen LogP contribution >= 0.6 is 46.2 Å². The summed E-state index contributed by atoms with van der Waals surface area (Å²) < 4.78 is 2.62. The number of hydrogen-bond acceptors (Lipinski definition) is 6. The Morgan fingerprint density at radius 3 is 1.44 bits per heavy atom. The first-order valence-electron chi connectivity index (χ1n) is 11.4. The maximum Gasteiger partial charge on any atom is 0.0693 e. The van der Waals surface area contributed by atoms with Gasteiger partial charge in [-0.25, -0.2) is 0 Å². The second-order valence-corrected chi connectivity index (χ2v) is 12.4. The SMILES string of the molecule is CCc1cc(C=NN=Cc2cc(CC)sc2SCc2ccccc2)c(SCc2ccccc2)s1. The van der Waals surface area contributed by atoms with Crippen LogP contribution in [0, 0.1) is 0 Å². The molecule has 2 nitrogen and oxygen atoms in total. The lowest BCUT2D eigenvalue weighted by molar-refractivity contribution is 1.18. The van der Waals surface area contributed by atoms with E-state index in [1.807, 2.05) is 58.6 Å². The van der Waals surface area contributed by atoms with Crippen molar-refractivity contribution in [3.63, 3.8) is 0 Å². The van der Waals surface area contributed by atoms with Crippen molar-refractivity contribution < 1.29 is 0 Å². The summed E-state index contributed by atoms with van der Waals surface area (Å²) in [5.74, 6) is 1.93. The summed E-state index contributed by atoms with van der Waals surface area (Å²) in [6.45, 7) is 4.40. The third-order valence-corrected chi connectivity index (χ3v) is 10.5. The molecular formula is C28H28N2S4. The van der Waals surface area contributed by atoms with Crippen molar-refractivity contribution in [3.05, 3.63) is 105 Å². The van der Waals surface area contributed by atoms with Gasteiger partial charge in [-0.1, -0.05) is 74.5 Å². The molecule has 0 spiro atoms. The number of rotatable bonds is 11. The highest BCUT2D eigenvalue weighted by Gasteiger charge is 2.09. The van der Waals surface area contributed by atoms with E-state index in [-0.39, 0.29) is 0 Å². The molecule has 174 valence electrons.